The second-order valence-corrected chi connectivity index (χ2v) is 10.2. The predicted molar refractivity (Wildman–Crippen MR) is 124 cm³/mol. The lowest BCUT2D eigenvalue weighted by Gasteiger charge is -2.39. The van der Waals surface area contributed by atoms with Crippen LogP contribution >= 0.6 is 0 Å². The molecule has 30 heavy (non-hydrogen) atoms. The third-order valence-corrected chi connectivity index (χ3v) is 8.53. The van der Waals surface area contributed by atoms with Crippen LogP contribution in [0.1, 0.15) is 71.1 Å². The molecule has 3 aliphatic heterocycles. The minimum absolute atomic E-state index is 0.0993. The van der Waals surface area contributed by atoms with Gasteiger partial charge in [-0.2, -0.15) is 0 Å². The van der Waals surface area contributed by atoms with Gasteiger partial charge in [-0.3, -0.25) is 9.69 Å². The normalized spacial score (nSPS) is 28.0. The van der Waals surface area contributed by atoms with Crippen molar-refractivity contribution in [1.29, 1.82) is 0 Å². The van der Waals surface area contributed by atoms with E-state index in [1.807, 2.05) is 4.90 Å². The molecule has 5 heteroatoms. The Balaban J connectivity index is 1.25. The maximum Gasteiger partial charge on any atom is 0.233 e. The molecule has 4 aliphatic rings. The summed E-state index contributed by atoms with van der Waals surface area (Å²) in [6, 6.07) is 7.88. The van der Waals surface area contributed by atoms with E-state index in [0.29, 0.717) is 5.91 Å². The van der Waals surface area contributed by atoms with Gasteiger partial charge in [-0.05, 0) is 76.6 Å². The lowest BCUT2D eigenvalue weighted by molar-refractivity contribution is -0.127. The van der Waals surface area contributed by atoms with Crippen LogP contribution in [0.15, 0.2) is 18.2 Å². The van der Waals surface area contributed by atoms with E-state index in [9.17, 15) is 4.79 Å². The van der Waals surface area contributed by atoms with E-state index in [1.165, 1.54) is 57.2 Å². The van der Waals surface area contributed by atoms with E-state index in [4.69, 9.17) is 5.73 Å². The van der Waals surface area contributed by atoms with Crippen molar-refractivity contribution in [1.82, 2.24) is 4.90 Å². The molecule has 0 aromatic heterocycles. The third kappa shape index (κ3) is 3.49. The van der Waals surface area contributed by atoms with Crippen LogP contribution in [-0.4, -0.2) is 49.1 Å². The summed E-state index contributed by atoms with van der Waals surface area (Å²) in [6.45, 7) is 6.67. The summed E-state index contributed by atoms with van der Waals surface area (Å²) in [5, 5.41) is 0. The molecule has 1 aromatic rings. The van der Waals surface area contributed by atoms with Crippen molar-refractivity contribution < 1.29 is 4.79 Å². The average Bonchev–Trinajstić information content (AvgIpc) is 3.33. The Kier molecular flexibility index (Phi) is 5.42. The smallest absolute Gasteiger partial charge is 0.233 e. The van der Waals surface area contributed by atoms with Gasteiger partial charge in [-0.25, -0.2) is 0 Å². The molecule has 164 valence electrons. The summed E-state index contributed by atoms with van der Waals surface area (Å²) in [5.74, 6) is 0.321. The van der Waals surface area contributed by atoms with Crippen LogP contribution in [0.2, 0.25) is 0 Å². The zero-order valence-corrected chi connectivity index (χ0v) is 18.6. The molecule has 1 unspecified atom stereocenters. The van der Waals surface area contributed by atoms with Crippen LogP contribution in [0, 0.1) is 5.41 Å². The highest BCUT2D eigenvalue weighted by Crippen LogP contribution is 2.47. The molecule has 1 spiro atoms. The van der Waals surface area contributed by atoms with Gasteiger partial charge in [0.15, 0.2) is 0 Å². The van der Waals surface area contributed by atoms with E-state index in [1.54, 1.807) is 0 Å². The molecule has 1 atom stereocenters. The number of piperidine rings is 1. The van der Waals surface area contributed by atoms with Gasteiger partial charge < -0.3 is 15.5 Å². The molecule has 1 saturated carbocycles. The van der Waals surface area contributed by atoms with Gasteiger partial charge in [0.1, 0.15) is 0 Å². The summed E-state index contributed by atoms with van der Waals surface area (Å²) in [7, 11) is 0. The first-order valence-corrected chi connectivity index (χ1v) is 12.3. The molecule has 4 fully saturated rings. The Morgan fingerprint density at radius 2 is 1.70 bits per heavy atom. The van der Waals surface area contributed by atoms with Crippen molar-refractivity contribution in [3.8, 4) is 0 Å². The predicted octanol–water partition coefficient (Wildman–Crippen LogP) is 4.41. The number of carbonyl (C=O) groups excluding carboxylic acids is 1. The number of nitrogens with two attached hydrogens (primary N) is 1. The van der Waals surface area contributed by atoms with Crippen LogP contribution in [0.5, 0.6) is 0 Å². The monoisotopic (exact) mass is 410 g/mol. The highest BCUT2D eigenvalue weighted by Gasteiger charge is 2.47. The summed E-state index contributed by atoms with van der Waals surface area (Å²) in [5.41, 5.74) is 9.29. The molecule has 3 saturated heterocycles. The summed E-state index contributed by atoms with van der Waals surface area (Å²) in [4.78, 5) is 20.5. The van der Waals surface area contributed by atoms with Crippen molar-refractivity contribution in [2.75, 3.05) is 41.7 Å². The number of hydrogen-bond donors (Lipinski definition) is 1. The van der Waals surface area contributed by atoms with E-state index < -0.39 is 0 Å². The standard InChI is InChI=1S/C25H38N4O/c1-19-6-5-14-28(19)20-9-15-27(16-10-20)21-7-8-23(22(26)18-21)29-17-13-25(24(29)30)11-3-2-4-12-25/h7-8,18-20H,2-6,9-17,26H2,1H3. The second kappa shape index (κ2) is 8.07. The van der Waals surface area contributed by atoms with Crippen LogP contribution in [0.25, 0.3) is 0 Å². The SMILES string of the molecule is CC1CCCN1C1CCN(c2ccc(N3CCC4(CCCCC4)C3=O)c(N)c2)CC1. The number of hydrogen-bond acceptors (Lipinski definition) is 4. The van der Waals surface area contributed by atoms with Gasteiger partial charge in [0.2, 0.25) is 5.91 Å². The molecule has 1 aromatic carbocycles. The van der Waals surface area contributed by atoms with Crippen LogP contribution in [0.3, 0.4) is 0 Å². The number of nitrogen functional groups attached to an aromatic ring is 1. The third-order valence-electron chi connectivity index (χ3n) is 8.53. The van der Waals surface area contributed by atoms with Crippen LogP contribution in [-0.2, 0) is 4.79 Å². The number of likely N-dealkylation sites (tertiary alicyclic amines) is 1. The highest BCUT2D eigenvalue weighted by molar-refractivity contribution is 6.02. The first-order valence-electron chi connectivity index (χ1n) is 12.3. The second-order valence-electron chi connectivity index (χ2n) is 10.2. The molecule has 0 radical (unpaired) electrons. The lowest BCUT2D eigenvalue weighted by Crippen LogP contribution is -2.46. The number of carbonyl (C=O) groups is 1. The molecule has 5 rings (SSSR count). The average molecular weight is 411 g/mol. The first kappa shape index (κ1) is 20.2. The van der Waals surface area contributed by atoms with Gasteiger partial charge in [0.25, 0.3) is 0 Å². The largest absolute Gasteiger partial charge is 0.397 e. The molecule has 1 amide bonds. The first-order chi connectivity index (χ1) is 14.6. The Hall–Kier alpha value is -1.75. The fourth-order valence-corrected chi connectivity index (χ4v) is 6.68. The minimum Gasteiger partial charge on any atom is -0.397 e. The highest BCUT2D eigenvalue weighted by atomic mass is 16.2. The van der Waals surface area contributed by atoms with Crippen molar-refractivity contribution >= 4 is 23.0 Å². The van der Waals surface area contributed by atoms with Gasteiger partial charge in [0.05, 0.1) is 16.8 Å². The van der Waals surface area contributed by atoms with Crippen molar-refractivity contribution in [3.05, 3.63) is 18.2 Å². The van der Waals surface area contributed by atoms with Gasteiger partial charge in [0, 0.05) is 37.4 Å². The van der Waals surface area contributed by atoms with Gasteiger partial charge >= 0.3 is 0 Å². The molecule has 1 aliphatic carbocycles. The fourth-order valence-electron chi connectivity index (χ4n) is 6.68. The summed E-state index contributed by atoms with van der Waals surface area (Å²) < 4.78 is 0. The maximum atomic E-state index is 13.3. The topological polar surface area (TPSA) is 52.8 Å². The molecule has 0 bridgehead atoms. The van der Waals surface area contributed by atoms with E-state index in [0.717, 1.165) is 62.4 Å². The van der Waals surface area contributed by atoms with Crippen LogP contribution in [0.4, 0.5) is 17.1 Å². The molecular formula is C25H38N4O. The zero-order valence-electron chi connectivity index (χ0n) is 18.6. The Labute approximate surface area is 181 Å². The van der Waals surface area contributed by atoms with Gasteiger partial charge in [-0.1, -0.05) is 19.3 Å². The maximum absolute atomic E-state index is 13.3. The number of anilines is 3. The van der Waals surface area contributed by atoms with E-state index in [2.05, 4.69) is 34.9 Å². The molecule has 3 heterocycles. The summed E-state index contributed by atoms with van der Waals surface area (Å²) >= 11 is 0. The number of rotatable bonds is 3. The number of benzene rings is 1. The quantitative estimate of drug-likeness (QED) is 0.750. The Morgan fingerprint density at radius 1 is 0.933 bits per heavy atom. The van der Waals surface area contributed by atoms with Crippen molar-refractivity contribution in [3.63, 3.8) is 0 Å². The molecule has 5 nitrogen and oxygen atoms in total. The fraction of sp³-hybridized carbons (Fsp3) is 0.720. The Bertz CT molecular complexity index is 779. The van der Waals surface area contributed by atoms with Crippen LogP contribution < -0.4 is 15.5 Å². The summed E-state index contributed by atoms with van der Waals surface area (Å²) in [6.07, 6.45) is 12.0. The molecule has 2 N–H and O–H groups in total. The Morgan fingerprint density at radius 3 is 2.37 bits per heavy atom. The number of nitrogens with zero attached hydrogens (tertiary/aromatic N) is 3. The van der Waals surface area contributed by atoms with Crippen molar-refractivity contribution in [2.24, 2.45) is 5.41 Å². The van der Waals surface area contributed by atoms with Gasteiger partial charge in [-0.15, -0.1) is 0 Å². The van der Waals surface area contributed by atoms with E-state index in [-0.39, 0.29) is 5.41 Å². The minimum atomic E-state index is -0.0993. The molecular weight excluding hydrogens is 372 g/mol. The zero-order chi connectivity index (χ0) is 20.7. The van der Waals surface area contributed by atoms with Crippen molar-refractivity contribution in [2.45, 2.75) is 83.2 Å². The van der Waals surface area contributed by atoms with E-state index >= 15 is 0 Å². The lowest BCUT2D eigenvalue weighted by atomic mass is 9.73. The number of amides is 1.